The number of nitrogens with zero attached hydrogens (tertiary/aromatic N) is 4. The van der Waals surface area contributed by atoms with Crippen LogP contribution in [0.2, 0.25) is 0 Å². The summed E-state index contributed by atoms with van der Waals surface area (Å²) in [6.07, 6.45) is 0.914. The molecule has 0 radical (unpaired) electrons. The number of anilines is 2. The largest absolute Gasteiger partial charge is 0.463 e. The Hall–Kier alpha value is -1.67. The molecule has 1 aliphatic rings. The predicted molar refractivity (Wildman–Crippen MR) is 80.2 cm³/mol. The first-order valence-electron chi connectivity index (χ1n) is 7.16. The van der Waals surface area contributed by atoms with Gasteiger partial charge in [0.2, 0.25) is 11.9 Å². The predicted octanol–water partition coefficient (Wildman–Crippen LogP) is 0.809. The van der Waals surface area contributed by atoms with Crippen LogP contribution >= 0.6 is 0 Å². The number of nitrogens with one attached hydrogen (secondary N) is 1. The zero-order valence-electron chi connectivity index (χ0n) is 12.9. The van der Waals surface area contributed by atoms with Crippen LogP contribution in [0.1, 0.15) is 27.2 Å². The second kappa shape index (κ2) is 6.86. The molecule has 0 aliphatic carbocycles. The van der Waals surface area contributed by atoms with Crippen molar-refractivity contribution in [1.82, 2.24) is 15.0 Å². The summed E-state index contributed by atoms with van der Waals surface area (Å²) in [5.74, 6) is 6.28. The Kier molecular flexibility index (Phi) is 5.13. The van der Waals surface area contributed by atoms with Gasteiger partial charge in [0, 0.05) is 13.1 Å². The number of aromatic nitrogens is 3. The van der Waals surface area contributed by atoms with Gasteiger partial charge in [-0.1, -0.05) is 20.8 Å². The summed E-state index contributed by atoms with van der Waals surface area (Å²) in [7, 11) is 0. The van der Waals surface area contributed by atoms with Crippen LogP contribution in [-0.2, 0) is 4.74 Å². The fraction of sp³-hybridized carbons (Fsp3) is 0.769. The third-order valence-corrected chi connectivity index (χ3v) is 3.11. The van der Waals surface area contributed by atoms with E-state index in [1.165, 1.54) is 0 Å². The van der Waals surface area contributed by atoms with E-state index in [4.69, 9.17) is 15.3 Å². The molecule has 1 aliphatic heterocycles. The number of ether oxygens (including phenoxy) is 2. The highest BCUT2D eigenvalue weighted by atomic mass is 16.5. The first-order chi connectivity index (χ1) is 9.98. The van der Waals surface area contributed by atoms with Crippen LogP contribution in [0.15, 0.2) is 0 Å². The Balaban J connectivity index is 2.06. The van der Waals surface area contributed by atoms with Gasteiger partial charge < -0.3 is 14.4 Å². The van der Waals surface area contributed by atoms with Gasteiger partial charge in [0.1, 0.15) is 0 Å². The second-order valence-electron chi connectivity index (χ2n) is 6.14. The van der Waals surface area contributed by atoms with Crippen molar-refractivity contribution in [3.63, 3.8) is 0 Å². The molecule has 3 N–H and O–H groups in total. The van der Waals surface area contributed by atoms with Crippen LogP contribution in [-0.4, -0.2) is 47.9 Å². The van der Waals surface area contributed by atoms with E-state index in [2.05, 4.69) is 41.1 Å². The molecule has 21 heavy (non-hydrogen) atoms. The molecule has 1 aromatic heterocycles. The number of nitrogen functional groups attached to an aromatic ring is 1. The van der Waals surface area contributed by atoms with Gasteiger partial charge in [0.05, 0.1) is 19.8 Å². The van der Waals surface area contributed by atoms with Crippen molar-refractivity contribution in [2.45, 2.75) is 27.2 Å². The van der Waals surface area contributed by atoms with E-state index in [-0.39, 0.29) is 5.41 Å². The molecule has 0 spiro atoms. The third kappa shape index (κ3) is 4.98. The molecule has 0 unspecified atom stereocenters. The minimum absolute atomic E-state index is 0.203. The Morgan fingerprint density at radius 3 is 2.57 bits per heavy atom. The van der Waals surface area contributed by atoms with Gasteiger partial charge in [-0.2, -0.15) is 15.0 Å². The average molecular weight is 296 g/mol. The van der Waals surface area contributed by atoms with Crippen LogP contribution < -0.4 is 20.9 Å². The molecule has 118 valence electrons. The maximum Gasteiger partial charge on any atom is 0.323 e. The molecule has 1 fully saturated rings. The van der Waals surface area contributed by atoms with Gasteiger partial charge in [-0.05, 0) is 11.8 Å². The van der Waals surface area contributed by atoms with E-state index in [1.54, 1.807) is 0 Å². The highest BCUT2D eigenvalue weighted by Crippen LogP contribution is 2.20. The number of nitrogens with two attached hydrogens (primary N) is 1. The van der Waals surface area contributed by atoms with Gasteiger partial charge in [-0.3, -0.25) is 5.43 Å². The van der Waals surface area contributed by atoms with Gasteiger partial charge >= 0.3 is 6.01 Å². The lowest BCUT2D eigenvalue weighted by atomic mass is 9.93. The monoisotopic (exact) mass is 296 g/mol. The molecule has 2 rings (SSSR count). The molecule has 0 saturated carbocycles. The van der Waals surface area contributed by atoms with Crippen LogP contribution in [0.5, 0.6) is 6.01 Å². The van der Waals surface area contributed by atoms with E-state index < -0.39 is 0 Å². The lowest BCUT2D eigenvalue weighted by Crippen LogP contribution is -2.37. The Morgan fingerprint density at radius 2 is 1.95 bits per heavy atom. The maximum atomic E-state index is 5.64. The van der Waals surface area contributed by atoms with Crippen molar-refractivity contribution < 1.29 is 9.47 Å². The Morgan fingerprint density at radius 1 is 1.24 bits per heavy atom. The van der Waals surface area contributed by atoms with Crippen molar-refractivity contribution in [2.24, 2.45) is 11.3 Å². The van der Waals surface area contributed by atoms with Gasteiger partial charge in [0.15, 0.2) is 0 Å². The van der Waals surface area contributed by atoms with Crippen molar-refractivity contribution in [2.75, 3.05) is 43.2 Å². The van der Waals surface area contributed by atoms with E-state index in [1.807, 2.05) is 4.90 Å². The molecular formula is C13H24N6O2. The van der Waals surface area contributed by atoms with E-state index >= 15 is 0 Å². The maximum absolute atomic E-state index is 5.64. The molecule has 1 aromatic rings. The normalized spacial score (nSPS) is 15.9. The molecule has 0 bridgehead atoms. The van der Waals surface area contributed by atoms with Crippen LogP contribution in [0.25, 0.3) is 0 Å². The molecule has 8 nitrogen and oxygen atoms in total. The number of rotatable bonds is 5. The van der Waals surface area contributed by atoms with Gasteiger partial charge in [-0.15, -0.1) is 0 Å². The molecule has 1 saturated heterocycles. The average Bonchev–Trinajstić information content (AvgIpc) is 2.46. The van der Waals surface area contributed by atoms with Crippen LogP contribution in [0.3, 0.4) is 0 Å². The molecule has 2 heterocycles. The Bertz CT molecular complexity index is 456. The van der Waals surface area contributed by atoms with Crippen molar-refractivity contribution >= 4 is 11.9 Å². The molecule has 8 heteroatoms. The standard InChI is InChI=1S/C13H24N6O2/c1-13(2,3)4-7-21-12-16-10(18-14)15-11(17-12)19-5-8-20-9-6-19/h4-9,14H2,1-3H3,(H,15,16,17,18). The highest BCUT2D eigenvalue weighted by Gasteiger charge is 2.17. The second-order valence-corrected chi connectivity index (χ2v) is 6.14. The number of hydrazine groups is 1. The lowest BCUT2D eigenvalue weighted by Gasteiger charge is -2.27. The Labute approximate surface area is 125 Å². The first kappa shape index (κ1) is 15.7. The van der Waals surface area contributed by atoms with Gasteiger partial charge in [0.25, 0.3) is 0 Å². The molecular weight excluding hydrogens is 272 g/mol. The van der Waals surface area contributed by atoms with Crippen LogP contribution in [0.4, 0.5) is 11.9 Å². The third-order valence-electron chi connectivity index (χ3n) is 3.11. The fourth-order valence-corrected chi connectivity index (χ4v) is 1.83. The summed E-state index contributed by atoms with van der Waals surface area (Å²) in [4.78, 5) is 14.8. The zero-order chi connectivity index (χ0) is 15.3. The fourth-order valence-electron chi connectivity index (χ4n) is 1.83. The SMILES string of the molecule is CC(C)(C)CCOc1nc(NN)nc(N2CCOCC2)n1. The minimum Gasteiger partial charge on any atom is -0.463 e. The lowest BCUT2D eigenvalue weighted by molar-refractivity contribution is 0.122. The van der Waals surface area contributed by atoms with E-state index in [0.29, 0.717) is 37.7 Å². The summed E-state index contributed by atoms with van der Waals surface area (Å²) in [5, 5.41) is 0. The molecule has 0 aromatic carbocycles. The summed E-state index contributed by atoms with van der Waals surface area (Å²) >= 11 is 0. The molecule has 0 amide bonds. The number of morpholine rings is 1. The smallest absolute Gasteiger partial charge is 0.323 e. The highest BCUT2D eigenvalue weighted by molar-refractivity contribution is 5.38. The van der Waals surface area contributed by atoms with Crippen LogP contribution in [0, 0.1) is 5.41 Å². The number of hydrogen-bond acceptors (Lipinski definition) is 8. The molecule has 0 atom stereocenters. The van der Waals surface area contributed by atoms with Crippen molar-refractivity contribution in [3.8, 4) is 6.01 Å². The first-order valence-corrected chi connectivity index (χ1v) is 7.16. The summed E-state index contributed by atoms with van der Waals surface area (Å²) in [6, 6.07) is 0.295. The minimum atomic E-state index is 0.203. The zero-order valence-corrected chi connectivity index (χ0v) is 12.9. The summed E-state index contributed by atoms with van der Waals surface area (Å²) in [6.45, 7) is 9.86. The van der Waals surface area contributed by atoms with Gasteiger partial charge in [-0.25, -0.2) is 5.84 Å². The summed E-state index contributed by atoms with van der Waals surface area (Å²) in [5.41, 5.74) is 2.66. The van der Waals surface area contributed by atoms with E-state index in [0.717, 1.165) is 19.5 Å². The topological polar surface area (TPSA) is 98.4 Å². The van der Waals surface area contributed by atoms with Crippen molar-refractivity contribution in [1.29, 1.82) is 0 Å². The quantitative estimate of drug-likeness (QED) is 0.608. The van der Waals surface area contributed by atoms with Crippen molar-refractivity contribution in [3.05, 3.63) is 0 Å². The number of hydrogen-bond donors (Lipinski definition) is 2. The van der Waals surface area contributed by atoms with E-state index in [9.17, 15) is 0 Å². The summed E-state index contributed by atoms with van der Waals surface area (Å²) < 4.78 is 11.0.